The van der Waals surface area contributed by atoms with Crippen molar-refractivity contribution in [3.8, 4) is 5.75 Å². The fraction of sp³-hybridized carbons (Fsp3) is 0.278. The van der Waals surface area contributed by atoms with Gasteiger partial charge in [-0.15, -0.1) is 0 Å². The van der Waals surface area contributed by atoms with E-state index in [1.807, 2.05) is 6.92 Å². The molecule has 0 saturated heterocycles. The minimum atomic E-state index is -0.439. The molecule has 0 aliphatic rings. The van der Waals surface area contributed by atoms with Crippen molar-refractivity contribution in [2.75, 3.05) is 6.61 Å². The van der Waals surface area contributed by atoms with E-state index >= 15 is 0 Å². The van der Waals surface area contributed by atoms with Crippen LogP contribution in [0.15, 0.2) is 46.1 Å². The van der Waals surface area contributed by atoms with Gasteiger partial charge in [0.15, 0.2) is 5.78 Å². The van der Waals surface area contributed by atoms with E-state index in [2.05, 4.69) is 0 Å². The van der Waals surface area contributed by atoms with Crippen LogP contribution in [0.5, 0.6) is 5.75 Å². The number of aromatic nitrogens is 2. The Balaban J connectivity index is 2.19. The first kappa shape index (κ1) is 17.5. The lowest BCUT2D eigenvalue weighted by Gasteiger charge is -2.05. The number of nitrogens with zero attached hydrogens (tertiary/aromatic N) is 2. The van der Waals surface area contributed by atoms with Crippen molar-refractivity contribution >= 4 is 11.9 Å². The summed E-state index contributed by atoms with van der Waals surface area (Å²) < 4.78 is 7.77. The Morgan fingerprint density at radius 1 is 1.17 bits per heavy atom. The summed E-state index contributed by atoms with van der Waals surface area (Å²) in [5.41, 5.74) is -0.0794. The molecular formula is C18H20N2O4. The molecule has 0 saturated carbocycles. The molecule has 6 nitrogen and oxygen atoms in total. The van der Waals surface area contributed by atoms with E-state index in [1.165, 1.54) is 30.0 Å². The Hall–Kier alpha value is -2.89. The van der Waals surface area contributed by atoms with E-state index in [9.17, 15) is 14.4 Å². The lowest BCUT2D eigenvalue weighted by atomic mass is 10.1. The van der Waals surface area contributed by atoms with Crippen molar-refractivity contribution in [1.29, 1.82) is 0 Å². The SMILES string of the molecule is CCCOc1ccc(C(=O)/C=C/c2cn(C)c(=O)n(C)c2=O)cc1. The first-order chi connectivity index (χ1) is 11.4. The van der Waals surface area contributed by atoms with Crippen molar-refractivity contribution < 1.29 is 9.53 Å². The van der Waals surface area contributed by atoms with Crippen molar-refractivity contribution in [1.82, 2.24) is 9.13 Å². The first-order valence-corrected chi connectivity index (χ1v) is 7.66. The average Bonchev–Trinajstić information content (AvgIpc) is 2.60. The van der Waals surface area contributed by atoms with Crippen LogP contribution in [-0.2, 0) is 14.1 Å². The summed E-state index contributed by atoms with van der Waals surface area (Å²) in [7, 11) is 2.95. The summed E-state index contributed by atoms with van der Waals surface area (Å²) in [5, 5.41) is 0. The monoisotopic (exact) mass is 328 g/mol. The van der Waals surface area contributed by atoms with Gasteiger partial charge in [0.1, 0.15) is 5.75 Å². The molecular weight excluding hydrogens is 308 g/mol. The molecule has 0 atom stereocenters. The molecule has 6 heteroatoms. The maximum Gasteiger partial charge on any atom is 0.330 e. The molecule has 0 bridgehead atoms. The van der Waals surface area contributed by atoms with Crippen molar-refractivity contribution in [2.45, 2.75) is 13.3 Å². The van der Waals surface area contributed by atoms with Crippen LogP contribution >= 0.6 is 0 Å². The van der Waals surface area contributed by atoms with E-state index in [-0.39, 0.29) is 11.3 Å². The van der Waals surface area contributed by atoms with Gasteiger partial charge in [-0.1, -0.05) is 6.92 Å². The quantitative estimate of drug-likeness (QED) is 0.598. The lowest BCUT2D eigenvalue weighted by molar-refractivity contribution is 0.104. The van der Waals surface area contributed by atoms with Gasteiger partial charge >= 0.3 is 5.69 Å². The number of hydrogen-bond acceptors (Lipinski definition) is 4. The molecule has 0 unspecified atom stereocenters. The van der Waals surface area contributed by atoms with Crippen LogP contribution in [0.3, 0.4) is 0 Å². The minimum absolute atomic E-state index is 0.229. The highest BCUT2D eigenvalue weighted by Crippen LogP contribution is 2.13. The van der Waals surface area contributed by atoms with E-state index in [4.69, 9.17) is 4.74 Å². The van der Waals surface area contributed by atoms with E-state index < -0.39 is 11.2 Å². The summed E-state index contributed by atoms with van der Waals surface area (Å²) in [6.07, 6.45) is 5.07. The minimum Gasteiger partial charge on any atom is -0.494 e. The number of ether oxygens (including phenoxy) is 1. The Labute approximate surface area is 139 Å². The van der Waals surface area contributed by atoms with Gasteiger partial charge in [0, 0.05) is 25.9 Å². The predicted octanol–water partition coefficient (Wildman–Crippen LogP) is 1.77. The topological polar surface area (TPSA) is 70.3 Å². The zero-order valence-corrected chi connectivity index (χ0v) is 14.0. The van der Waals surface area contributed by atoms with Crippen LogP contribution in [0.2, 0.25) is 0 Å². The standard InChI is InChI=1S/C18H20N2O4/c1-4-11-24-15-8-5-13(6-9-15)16(21)10-7-14-12-19(2)18(23)20(3)17(14)22/h5-10,12H,4,11H2,1-3H3/b10-7+. The van der Waals surface area contributed by atoms with Gasteiger partial charge in [0.25, 0.3) is 5.56 Å². The van der Waals surface area contributed by atoms with Crippen LogP contribution in [0.4, 0.5) is 0 Å². The normalized spacial score (nSPS) is 11.0. The van der Waals surface area contributed by atoms with Gasteiger partial charge in [-0.3, -0.25) is 14.2 Å². The molecule has 0 radical (unpaired) electrons. The molecule has 0 fully saturated rings. The summed E-state index contributed by atoms with van der Waals surface area (Å²) in [5.74, 6) is 0.484. The van der Waals surface area contributed by atoms with E-state index in [1.54, 1.807) is 31.3 Å². The summed E-state index contributed by atoms with van der Waals surface area (Å²) in [6, 6.07) is 6.83. The second-order valence-electron chi connectivity index (χ2n) is 5.41. The van der Waals surface area contributed by atoms with Gasteiger partial charge in [-0.2, -0.15) is 0 Å². The van der Waals surface area contributed by atoms with Crippen LogP contribution in [0, 0.1) is 0 Å². The molecule has 0 N–H and O–H groups in total. The third kappa shape index (κ3) is 3.90. The Morgan fingerprint density at radius 2 is 1.83 bits per heavy atom. The van der Waals surface area contributed by atoms with Crippen LogP contribution in [0.25, 0.3) is 6.08 Å². The van der Waals surface area contributed by atoms with Gasteiger partial charge in [-0.25, -0.2) is 4.79 Å². The molecule has 2 rings (SSSR count). The maximum absolute atomic E-state index is 12.2. The molecule has 1 aromatic heterocycles. The smallest absolute Gasteiger partial charge is 0.330 e. The average molecular weight is 328 g/mol. The van der Waals surface area contributed by atoms with Gasteiger partial charge < -0.3 is 9.30 Å². The zero-order valence-electron chi connectivity index (χ0n) is 14.0. The second-order valence-corrected chi connectivity index (χ2v) is 5.41. The number of ketones is 1. The van der Waals surface area contributed by atoms with Crippen molar-refractivity contribution in [3.05, 3.63) is 68.5 Å². The largest absolute Gasteiger partial charge is 0.494 e. The fourth-order valence-corrected chi connectivity index (χ4v) is 2.15. The molecule has 0 aliphatic heterocycles. The van der Waals surface area contributed by atoms with Crippen molar-refractivity contribution in [2.24, 2.45) is 14.1 Å². The highest BCUT2D eigenvalue weighted by molar-refractivity contribution is 6.06. The van der Waals surface area contributed by atoms with Crippen LogP contribution in [-0.4, -0.2) is 21.5 Å². The zero-order chi connectivity index (χ0) is 17.7. The summed E-state index contributed by atoms with van der Waals surface area (Å²) in [4.78, 5) is 35.8. The number of aryl methyl sites for hydroxylation is 1. The first-order valence-electron chi connectivity index (χ1n) is 7.66. The van der Waals surface area contributed by atoms with Crippen LogP contribution < -0.4 is 16.0 Å². The summed E-state index contributed by atoms with van der Waals surface area (Å²) >= 11 is 0. The summed E-state index contributed by atoms with van der Waals surface area (Å²) in [6.45, 7) is 2.65. The van der Waals surface area contributed by atoms with E-state index in [0.717, 1.165) is 11.0 Å². The highest BCUT2D eigenvalue weighted by Gasteiger charge is 2.06. The second kappa shape index (κ2) is 7.59. The number of carbonyl (C=O) groups excluding carboxylic acids is 1. The number of carbonyl (C=O) groups is 1. The van der Waals surface area contributed by atoms with Gasteiger partial charge in [0.05, 0.1) is 12.2 Å². The Bertz CT molecular complexity index is 873. The maximum atomic E-state index is 12.2. The van der Waals surface area contributed by atoms with Crippen LogP contribution in [0.1, 0.15) is 29.3 Å². The number of hydrogen-bond donors (Lipinski definition) is 0. The number of allylic oxidation sites excluding steroid dienone is 1. The highest BCUT2D eigenvalue weighted by atomic mass is 16.5. The fourth-order valence-electron chi connectivity index (χ4n) is 2.15. The Morgan fingerprint density at radius 3 is 2.46 bits per heavy atom. The number of rotatable bonds is 6. The van der Waals surface area contributed by atoms with Gasteiger partial charge in [0.2, 0.25) is 0 Å². The van der Waals surface area contributed by atoms with Crippen molar-refractivity contribution in [3.63, 3.8) is 0 Å². The van der Waals surface area contributed by atoms with Gasteiger partial charge in [-0.05, 0) is 42.8 Å². The predicted molar refractivity (Wildman–Crippen MR) is 92.5 cm³/mol. The molecule has 1 heterocycles. The molecule has 2 aromatic rings. The number of benzene rings is 1. The third-order valence-electron chi connectivity index (χ3n) is 3.50. The lowest BCUT2D eigenvalue weighted by Crippen LogP contribution is -2.37. The molecule has 126 valence electrons. The van der Waals surface area contributed by atoms with E-state index in [0.29, 0.717) is 17.9 Å². The Kier molecular flexibility index (Phi) is 5.52. The third-order valence-corrected chi connectivity index (χ3v) is 3.50. The molecule has 1 aromatic carbocycles. The molecule has 0 amide bonds. The molecule has 0 spiro atoms. The molecule has 0 aliphatic carbocycles. The molecule has 24 heavy (non-hydrogen) atoms.